The summed E-state index contributed by atoms with van der Waals surface area (Å²) < 4.78 is 66.4. The Bertz CT molecular complexity index is 1860. The smallest absolute Gasteiger partial charge is 0.294 e. The van der Waals surface area contributed by atoms with Crippen LogP contribution in [0.4, 0.5) is 0 Å². The van der Waals surface area contributed by atoms with E-state index in [0.717, 1.165) is 0 Å². The highest BCUT2D eigenvalue weighted by Gasteiger charge is 2.18. The van der Waals surface area contributed by atoms with E-state index in [9.17, 15) is 30.7 Å². The average Bonchev–Trinajstić information content (AvgIpc) is 3.66. The second-order valence-corrected chi connectivity index (χ2v) is 11.5. The molecule has 0 atom stereocenters. The van der Waals surface area contributed by atoms with Crippen LogP contribution in [0.5, 0.6) is 0 Å². The Balaban J connectivity index is 1.51. The third-order valence-electron chi connectivity index (χ3n) is 5.79. The number of carbonyl (C=O) groups excluding carboxylic acids is 1. The van der Waals surface area contributed by atoms with Crippen molar-refractivity contribution in [2.75, 3.05) is 13.2 Å². The van der Waals surface area contributed by atoms with Gasteiger partial charge in [-0.1, -0.05) is 10.4 Å². The summed E-state index contributed by atoms with van der Waals surface area (Å²) in [5, 5.41) is 28.0. The van der Waals surface area contributed by atoms with Crippen molar-refractivity contribution in [3.8, 4) is 34.2 Å². The Labute approximate surface area is 237 Å². The van der Waals surface area contributed by atoms with E-state index >= 15 is 0 Å². The number of carbonyl (C=O) groups is 1. The summed E-state index contributed by atoms with van der Waals surface area (Å²) in [5.74, 6) is -0.504. The topological polar surface area (TPSA) is 232 Å². The molecule has 0 spiro atoms. The lowest BCUT2D eigenvalue weighted by atomic mass is 10.1. The summed E-state index contributed by atoms with van der Waals surface area (Å²) in [5.41, 5.74) is 1.99. The van der Waals surface area contributed by atoms with Gasteiger partial charge < -0.3 is 10.4 Å². The number of amides is 1. The van der Waals surface area contributed by atoms with Crippen LogP contribution in [0.3, 0.4) is 0 Å². The maximum atomic E-state index is 12.8. The average molecular weight is 613 g/mol. The Kier molecular flexibility index (Phi) is 7.63. The van der Waals surface area contributed by atoms with E-state index in [1.54, 1.807) is 0 Å². The summed E-state index contributed by atoms with van der Waals surface area (Å²) in [6.45, 7) is -0.261. The third-order valence-corrected chi connectivity index (χ3v) is 7.53. The fourth-order valence-electron chi connectivity index (χ4n) is 3.75. The molecule has 18 heteroatoms. The van der Waals surface area contributed by atoms with Crippen LogP contribution in [0.2, 0.25) is 0 Å². The second kappa shape index (κ2) is 11.2. The maximum absolute atomic E-state index is 12.8. The Morgan fingerprint density at radius 2 is 1.14 bits per heavy atom. The van der Waals surface area contributed by atoms with Gasteiger partial charge in [-0.05, 0) is 60.7 Å². The molecule has 216 valence electrons. The van der Waals surface area contributed by atoms with Crippen LogP contribution < -0.4 is 5.32 Å². The fourth-order valence-corrected chi connectivity index (χ4v) is 4.71. The van der Waals surface area contributed by atoms with Gasteiger partial charge in [0.25, 0.3) is 26.1 Å². The predicted molar refractivity (Wildman–Crippen MR) is 144 cm³/mol. The molecule has 5 aromatic rings. The molecule has 0 fully saturated rings. The number of rotatable bonds is 9. The first-order valence-corrected chi connectivity index (χ1v) is 14.7. The number of aromatic nitrogens is 7. The number of hydrogen-bond donors (Lipinski definition) is 4. The lowest BCUT2D eigenvalue weighted by Gasteiger charge is -2.07. The summed E-state index contributed by atoms with van der Waals surface area (Å²) in [4.78, 5) is 16.8. The van der Waals surface area contributed by atoms with Crippen molar-refractivity contribution in [1.29, 1.82) is 0 Å². The lowest BCUT2D eigenvalue weighted by molar-refractivity contribution is 0.0944. The summed E-state index contributed by atoms with van der Waals surface area (Å²) in [7, 11) is -8.74. The van der Waals surface area contributed by atoms with Crippen molar-refractivity contribution in [2.45, 2.75) is 9.79 Å². The van der Waals surface area contributed by atoms with E-state index in [1.165, 1.54) is 82.4 Å². The lowest BCUT2D eigenvalue weighted by Crippen LogP contribution is -2.26. The SMILES string of the molecule is O=C(NCCO)c1cc(-c2cn(-c3ccc(S(=O)(=O)O)cc3)nn2)nc(-c2cn(-c3ccc(S(=O)(=O)O)cc3)nn2)c1. The molecule has 0 radical (unpaired) electrons. The van der Waals surface area contributed by atoms with Gasteiger partial charge in [-0.3, -0.25) is 13.9 Å². The van der Waals surface area contributed by atoms with Gasteiger partial charge >= 0.3 is 0 Å². The standard InChI is InChI=1S/C24H20N8O8S2/c33-10-9-25-24(34)15-11-20(22-13-31(29-27-22)16-1-5-18(6-2-16)41(35,36)37)26-21(12-15)23-14-32(30-28-23)17-3-7-19(8-4-17)42(38,39)40/h1-8,11-14,33H,9-10H2,(H,25,34)(H,35,36,37)(H,38,39,40). The molecule has 2 aromatic carbocycles. The number of nitrogens with one attached hydrogen (secondary N) is 1. The molecule has 4 N–H and O–H groups in total. The van der Waals surface area contributed by atoms with Gasteiger partial charge in [-0.2, -0.15) is 16.8 Å². The molecule has 0 saturated heterocycles. The number of aliphatic hydroxyl groups excluding tert-OH is 1. The zero-order chi connectivity index (χ0) is 30.1. The molecule has 0 aliphatic rings. The summed E-state index contributed by atoms with van der Waals surface area (Å²) in [6.07, 6.45) is 3.00. The third kappa shape index (κ3) is 6.21. The highest BCUT2D eigenvalue weighted by atomic mass is 32.2. The Hall–Kier alpha value is -4.88. The second-order valence-electron chi connectivity index (χ2n) is 8.64. The zero-order valence-electron chi connectivity index (χ0n) is 21.2. The Morgan fingerprint density at radius 3 is 1.52 bits per heavy atom. The van der Waals surface area contributed by atoms with E-state index in [-0.39, 0.29) is 51.3 Å². The first-order chi connectivity index (χ1) is 19.9. The Morgan fingerprint density at radius 1 is 0.714 bits per heavy atom. The monoisotopic (exact) mass is 612 g/mol. The van der Waals surface area contributed by atoms with Gasteiger partial charge in [0.05, 0.1) is 51.6 Å². The van der Waals surface area contributed by atoms with Crippen molar-refractivity contribution in [3.05, 3.63) is 78.6 Å². The largest absolute Gasteiger partial charge is 0.395 e. The van der Waals surface area contributed by atoms with Crippen LogP contribution in [0.1, 0.15) is 10.4 Å². The van der Waals surface area contributed by atoms with Gasteiger partial charge in [0.1, 0.15) is 11.4 Å². The molecule has 0 saturated carbocycles. The first kappa shape index (κ1) is 28.6. The van der Waals surface area contributed by atoms with Crippen LogP contribution in [0.15, 0.2) is 82.8 Å². The quantitative estimate of drug-likeness (QED) is 0.169. The molecule has 0 unspecified atom stereocenters. The van der Waals surface area contributed by atoms with Gasteiger partial charge in [-0.25, -0.2) is 14.3 Å². The number of nitrogens with zero attached hydrogens (tertiary/aromatic N) is 7. The highest BCUT2D eigenvalue weighted by molar-refractivity contribution is 7.86. The maximum Gasteiger partial charge on any atom is 0.294 e. The van der Waals surface area contributed by atoms with Crippen LogP contribution in [-0.4, -0.2) is 85.1 Å². The minimum Gasteiger partial charge on any atom is -0.395 e. The van der Waals surface area contributed by atoms with E-state index in [0.29, 0.717) is 11.4 Å². The fraction of sp³-hybridized carbons (Fsp3) is 0.0833. The molecule has 16 nitrogen and oxygen atoms in total. The highest BCUT2D eigenvalue weighted by Crippen LogP contribution is 2.24. The first-order valence-electron chi connectivity index (χ1n) is 11.8. The number of pyridine rings is 1. The molecule has 5 rings (SSSR count). The molecular weight excluding hydrogens is 592 g/mol. The van der Waals surface area contributed by atoms with Gasteiger partial charge in [0.15, 0.2) is 0 Å². The molecule has 0 aliphatic heterocycles. The van der Waals surface area contributed by atoms with Crippen LogP contribution >= 0.6 is 0 Å². The van der Waals surface area contributed by atoms with Gasteiger partial charge in [0.2, 0.25) is 0 Å². The number of benzene rings is 2. The predicted octanol–water partition coefficient (Wildman–Crippen LogP) is 0.792. The number of hydrogen-bond acceptors (Lipinski definition) is 11. The van der Waals surface area contributed by atoms with Crippen molar-refractivity contribution >= 4 is 26.1 Å². The molecule has 0 aliphatic carbocycles. The van der Waals surface area contributed by atoms with Gasteiger partial charge in [0, 0.05) is 12.1 Å². The van der Waals surface area contributed by atoms with Crippen molar-refractivity contribution < 1.29 is 35.8 Å². The molecule has 1 amide bonds. The minimum absolute atomic E-state index is 0.0112. The van der Waals surface area contributed by atoms with E-state index < -0.39 is 26.1 Å². The van der Waals surface area contributed by atoms with E-state index in [4.69, 9.17) is 5.11 Å². The van der Waals surface area contributed by atoms with Crippen LogP contribution in [-0.2, 0) is 20.2 Å². The molecule has 3 heterocycles. The summed E-state index contributed by atoms with van der Waals surface area (Å²) in [6, 6.07) is 13.4. The van der Waals surface area contributed by atoms with Crippen LogP contribution in [0.25, 0.3) is 34.2 Å². The van der Waals surface area contributed by atoms with E-state index in [1.807, 2.05) is 0 Å². The molecular formula is C24H20N8O8S2. The van der Waals surface area contributed by atoms with E-state index in [2.05, 4.69) is 30.9 Å². The normalized spacial score (nSPS) is 11.9. The van der Waals surface area contributed by atoms with Crippen molar-refractivity contribution in [2.24, 2.45) is 0 Å². The van der Waals surface area contributed by atoms with Crippen molar-refractivity contribution in [1.82, 2.24) is 40.3 Å². The molecule has 0 bridgehead atoms. The summed E-state index contributed by atoms with van der Waals surface area (Å²) >= 11 is 0. The molecule has 42 heavy (non-hydrogen) atoms. The van der Waals surface area contributed by atoms with Crippen LogP contribution in [0, 0.1) is 0 Å². The number of aliphatic hydroxyl groups is 1. The van der Waals surface area contributed by atoms with Gasteiger partial charge in [-0.15, -0.1) is 10.2 Å². The van der Waals surface area contributed by atoms with Crippen molar-refractivity contribution in [3.63, 3.8) is 0 Å². The zero-order valence-corrected chi connectivity index (χ0v) is 22.8. The molecule has 3 aromatic heterocycles. The minimum atomic E-state index is -4.37.